The Balaban J connectivity index is 1.99. The monoisotopic (exact) mass is 286 g/mol. The number of carbonyl (C=O) groups excluding carboxylic acids is 1. The van der Waals surface area contributed by atoms with Crippen LogP contribution in [0, 0.1) is 0 Å². The van der Waals surface area contributed by atoms with Crippen molar-refractivity contribution >= 4 is 23.8 Å². The number of rotatable bonds is 2. The molecule has 2 amide bonds. The molecule has 2 aliphatic heterocycles. The minimum absolute atomic E-state index is 0.0303. The Hall–Kier alpha value is -0.910. The van der Waals surface area contributed by atoms with Crippen molar-refractivity contribution < 1.29 is 14.7 Å². The van der Waals surface area contributed by atoms with Gasteiger partial charge in [-0.1, -0.05) is 13.8 Å². The molecule has 0 radical (unpaired) electrons. The molecule has 108 valence electrons. The second kappa shape index (κ2) is 6.03. The van der Waals surface area contributed by atoms with Crippen LogP contribution in [0.2, 0.25) is 0 Å². The third-order valence-corrected chi connectivity index (χ3v) is 4.95. The van der Waals surface area contributed by atoms with E-state index in [1.165, 1.54) is 0 Å². The number of urea groups is 1. The van der Waals surface area contributed by atoms with E-state index in [4.69, 9.17) is 5.11 Å². The Morgan fingerprint density at radius 1 is 1.26 bits per heavy atom. The number of thioether (sulfide) groups is 1. The molecule has 0 aromatic carbocycles. The molecule has 0 aliphatic carbocycles. The van der Waals surface area contributed by atoms with Crippen LogP contribution < -0.4 is 0 Å². The van der Waals surface area contributed by atoms with Gasteiger partial charge in [-0.2, -0.15) is 11.8 Å². The molecule has 2 heterocycles. The Bertz CT molecular complexity index is 354. The lowest BCUT2D eigenvalue weighted by Gasteiger charge is -2.38. The first-order valence-corrected chi connectivity index (χ1v) is 7.84. The maximum Gasteiger partial charge on any atom is 0.320 e. The highest BCUT2D eigenvalue weighted by molar-refractivity contribution is 8.00. The summed E-state index contributed by atoms with van der Waals surface area (Å²) >= 11 is 1.91. The van der Waals surface area contributed by atoms with Gasteiger partial charge in [0.15, 0.2) is 0 Å². The Labute approximate surface area is 118 Å². The van der Waals surface area contributed by atoms with E-state index in [2.05, 4.69) is 13.8 Å². The number of hydrogen-bond acceptors (Lipinski definition) is 3. The van der Waals surface area contributed by atoms with Crippen molar-refractivity contribution in [1.29, 1.82) is 0 Å². The van der Waals surface area contributed by atoms with Crippen LogP contribution in [0.4, 0.5) is 4.79 Å². The van der Waals surface area contributed by atoms with Gasteiger partial charge in [-0.15, -0.1) is 0 Å². The van der Waals surface area contributed by atoms with Gasteiger partial charge in [0.1, 0.15) is 0 Å². The summed E-state index contributed by atoms with van der Waals surface area (Å²) in [5.41, 5.74) is 0. The Morgan fingerprint density at radius 2 is 1.89 bits per heavy atom. The van der Waals surface area contributed by atoms with Crippen molar-refractivity contribution in [2.75, 3.05) is 19.6 Å². The molecule has 0 aromatic heterocycles. The Morgan fingerprint density at radius 3 is 2.47 bits per heavy atom. The van der Waals surface area contributed by atoms with Crippen LogP contribution in [0.5, 0.6) is 0 Å². The molecule has 1 N–H and O–H groups in total. The summed E-state index contributed by atoms with van der Waals surface area (Å²) < 4.78 is 0. The predicted molar refractivity (Wildman–Crippen MR) is 75.5 cm³/mol. The summed E-state index contributed by atoms with van der Waals surface area (Å²) in [6, 6.07) is -0.0899. The summed E-state index contributed by atoms with van der Waals surface area (Å²) in [6.45, 7) is 6.51. The molecule has 2 aliphatic rings. The minimum Gasteiger partial charge on any atom is -0.481 e. The highest BCUT2D eigenvalue weighted by atomic mass is 32.2. The summed E-state index contributed by atoms with van der Waals surface area (Å²) in [7, 11) is 0. The average molecular weight is 286 g/mol. The zero-order chi connectivity index (χ0) is 14.0. The maximum absolute atomic E-state index is 12.5. The molecule has 2 fully saturated rings. The second-order valence-corrected chi connectivity index (χ2v) is 7.41. The van der Waals surface area contributed by atoms with E-state index in [1.807, 2.05) is 16.7 Å². The zero-order valence-corrected chi connectivity index (χ0v) is 12.4. The van der Waals surface area contributed by atoms with E-state index < -0.39 is 5.97 Å². The molecule has 2 saturated heterocycles. The molecule has 0 bridgehead atoms. The minimum atomic E-state index is -0.819. The molecule has 5 nitrogen and oxygen atoms in total. The van der Waals surface area contributed by atoms with Crippen LogP contribution in [0.15, 0.2) is 0 Å². The molecule has 19 heavy (non-hydrogen) atoms. The highest BCUT2D eigenvalue weighted by Gasteiger charge is 2.35. The van der Waals surface area contributed by atoms with Gasteiger partial charge in [-0.05, 0) is 12.8 Å². The quantitative estimate of drug-likeness (QED) is 0.842. The van der Waals surface area contributed by atoms with Gasteiger partial charge in [0.05, 0.1) is 6.42 Å². The van der Waals surface area contributed by atoms with Crippen LogP contribution in [0.25, 0.3) is 0 Å². The van der Waals surface area contributed by atoms with Crippen LogP contribution >= 0.6 is 11.8 Å². The fourth-order valence-electron chi connectivity index (χ4n) is 3.02. The third kappa shape index (κ3) is 3.55. The van der Waals surface area contributed by atoms with Crippen molar-refractivity contribution in [1.82, 2.24) is 9.80 Å². The normalized spacial score (nSPS) is 31.6. The van der Waals surface area contributed by atoms with Crippen molar-refractivity contribution in [3.8, 4) is 0 Å². The lowest BCUT2D eigenvalue weighted by atomic mass is 10.1. The number of hydrogen-bond donors (Lipinski definition) is 1. The number of carboxylic acids is 1. The van der Waals surface area contributed by atoms with E-state index in [0.717, 1.165) is 25.9 Å². The van der Waals surface area contributed by atoms with E-state index in [-0.39, 0.29) is 18.5 Å². The first kappa shape index (κ1) is 14.5. The lowest BCUT2D eigenvalue weighted by molar-refractivity contribution is -0.138. The molecule has 3 atom stereocenters. The fraction of sp³-hybridized carbons (Fsp3) is 0.846. The zero-order valence-electron chi connectivity index (χ0n) is 11.5. The number of carboxylic acid groups (broad SMARTS) is 1. The number of nitrogens with zero attached hydrogens (tertiary/aromatic N) is 2. The van der Waals surface area contributed by atoms with Crippen LogP contribution in [0.1, 0.15) is 33.1 Å². The van der Waals surface area contributed by atoms with E-state index >= 15 is 0 Å². The van der Waals surface area contributed by atoms with Gasteiger partial charge in [0.25, 0.3) is 0 Å². The number of aliphatic carboxylic acids is 1. The topological polar surface area (TPSA) is 60.9 Å². The van der Waals surface area contributed by atoms with Crippen LogP contribution in [-0.2, 0) is 4.79 Å². The SMILES string of the molecule is CC1CN(C(=O)N2CCCC2CC(=O)O)CC(C)S1. The van der Waals surface area contributed by atoms with E-state index in [9.17, 15) is 9.59 Å². The standard InChI is InChI=1S/C13H22N2O3S/c1-9-7-14(8-10(2)19-9)13(18)15-5-3-4-11(15)6-12(16)17/h9-11H,3-8H2,1-2H3,(H,16,17). The molecule has 3 unspecified atom stereocenters. The van der Waals surface area contributed by atoms with Crippen molar-refractivity contribution in [3.63, 3.8) is 0 Å². The molecular formula is C13H22N2O3S. The van der Waals surface area contributed by atoms with Crippen molar-refractivity contribution in [2.24, 2.45) is 0 Å². The largest absolute Gasteiger partial charge is 0.481 e. The predicted octanol–water partition coefficient (Wildman–Crippen LogP) is 1.87. The molecule has 2 rings (SSSR count). The molecule has 0 saturated carbocycles. The number of likely N-dealkylation sites (tertiary alicyclic amines) is 1. The van der Waals surface area contributed by atoms with Crippen molar-refractivity contribution in [3.05, 3.63) is 0 Å². The van der Waals surface area contributed by atoms with Gasteiger partial charge in [0.2, 0.25) is 0 Å². The van der Waals surface area contributed by atoms with Gasteiger partial charge in [0, 0.05) is 36.2 Å². The molecular weight excluding hydrogens is 264 g/mol. The summed E-state index contributed by atoms with van der Waals surface area (Å²) in [4.78, 5) is 27.0. The van der Waals surface area contributed by atoms with Gasteiger partial charge >= 0.3 is 12.0 Å². The average Bonchev–Trinajstić information content (AvgIpc) is 2.73. The van der Waals surface area contributed by atoms with Crippen LogP contribution in [0.3, 0.4) is 0 Å². The summed E-state index contributed by atoms with van der Waals surface area (Å²) in [5, 5.41) is 9.82. The molecule has 0 aromatic rings. The first-order chi connectivity index (χ1) is 8.97. The Kier molecular flexibility index (Phi) is 4.60. The van der Waals surface area contributed by atoms with E-state index in [1.54, 1.807) is 4.90 Å². The maximum atomic E-state index is 12.5. The van der Waals surface area contributed by atoms with Gasteiger partial charge in [-0.25, -0.2) is 4.79 Å². The second-order valence-electron chi connectivity index (χ2n) is 5.53. The van der Waals surface area contributed by atoms with E-state index in [0.29, 0.717) is 17.0 Å². The molecule has 6 heteroatoms. The third-order valence-electron chi connectivity index (χ3n) is 3.72. The van der Waals surface area contributed by atoms with Gasteiger partial charge in [-0.3, -0.25) is 4.79 Å². The first-order valence-electron chi connectivity index (χ1n) is 6.90. The summed E-state index contributed by atoms with van der Waals surface area (Å²) in [6.07, 6.45) is 1.79. The summed E-state index contributed by atoms with van der Waals surface area (Å²) in [5.74, 6) is -0.819. The van der Waals surface area contributed by atoms with Crippen LogP contribution in [-0.4, -0.2) is 63.1 Å². The highest BCUT2D eigenvalue weighted by Crippen LogP contribution is 2.28. The van der Waals surface area contributed by atoms with Gasteiger partial charge < -0.3 is 14.9 Å². The molecule has 0 spiro atoms. The number of amides is 2. The lowest BCUT2D eigenvalue weighted by Crippen LogP contribution is -2.51. The van der Waals surface area contributed by atoms with Crippen molar-refractivity contribution in [2.45, 2.75) is 49.7 Å². The fourth-order valence-corrected chi connectivity index (χ4v) is 4.34. The smallest absolute Gasteiger partial charge is 0.320 e. The number of carbonyl (C=O) groups is 2.